The van der Waals surface area contributed by atoms with Crippen LogP contribution in [0.3, 0.4) is 0 Å². The Bertz CT molecular complexity index is 472. The van der Waals surface area contributed by atoms with Crippen LogP contribution in [0.25, 0.3) is 0 Å². The van der Waals surface area contributed by atoms with Crippen molar-refractivity contribution in [1.29, 1.82) is 0 Å². The van der Waals surface area contributed by atoms with Crippen molar-refractivity contribution in [3.8, 4) is 0 Å². The highest BCUT2D eigenvalue weighted by Crippen LogP contribution is 2.37. The van der Waals surface area contributed by atoms with Crippen LogP contribution in [0.5, 0.6) is 0 Å². The van der Waals surface area contributed by atoms with Gasteiger partial charge in [0, 0.05) is 36.7 Å². The minimum Gasteiger partial charge on any atom is -0.311 e. The summed E-state index contributed by atoms with van der Waals surface area (Å²) in [5.41, 5.74) is 1.27. The maximum Gasteiger partial charge on any atom is 0.0451 e. The predicted molar refractivity (Wildman–Crippen MR) is 89.6 cm³/mol. The van der Waals surface area contributed by atoms with Crippen LogP contribution in [0, 0.1) is 11.8 Å². The molecule has 1 aliphatic carbocycles. The third-order valence-electron chi connectivity index (χ3n) is 5.32. The van der Waals surface area contributed by atoms with Gasteiger partial charge in [-0.2, -0.15) is 0 Å². The lowest BCUT2D eigenvalue weighted by Gasteiger charge is -2.43. The van der Waals surface area contributed by atoms with Crippen LogP contribution in [-0.4, -0.2) is 30.1 Å². The summed E-state index contributed by atoms with van der Waals surface area (Å²) >= 11 is 6.37. The second-order valence-corrected chi connectivity index (χ2v) is 7.23. The third-order valence-corrected chi connectivity index (χ3v) is 5.69. The lowest BCUT2D eigenvalue weighted by Crippen LogP contribution is -2.58. The quantitative estimate of drug-likeness (QED) is 0.886. The molecule has 116 valence electrons. The van der Waals surface area contributed by atoms with Crippen molar-refractivity contribution in [2.24, 2.45) is 11.8 Å². The normalized spacial score (nSPS) is 28.5. The first-order valence-corrected chi connectivity index (χ1v) is 8.77. The minimum absolute atomic E-state index is 0.618. The molecule has 0 radical (unpaired) electrons. The van der Waals surface area contributed by atoms with E-state index in [-0.39, 0.29) is 0 Å². The number of hydrogen-bond donors (Lipinski definition) is 1. The van der Waals surface area contributed by atoms with Gasteiger partial charge < -0.3 is 5.32 Å². The molecule has 21 heavy (non-hydrogen) atoms. The maximum atomic E-state index is 6.37. The number of halogens is 1. The Balaban J connectivity index is 1.72. The number of nitrogens with zero attached hydrogens (tertiary/aromatic N) is 1. The first-order chi connectivity index (χ1) is 10.2. The van der Waals surface area contributed by atoms with E-state index in [2.05, 4.69) is 36.2 Å². The standard InChI is InChI=1S/C18H27ClN2/c1-3-13(2)17-12-21(18(10-20-17)14-8-9-14)11-15-6-4-5-7-16(15)19/h4-7,13-14,17-18,20H,3,8-12H2,1-2H3. The molecule has 0 amide bonds. The van der Waals surface area contributed by atoms with E-state index < -0.39 is 0 Å². The third kappa shape index (κ3) is 3.61. The van der Waals surface area contributed by atoms with E-state index in [9.17, 15) is 0 Å². The predicted octanol–water partition coefficient (Wildman–Crippen LogP) is 3.94. The molecule has 3 unspecified atom stereocenters. The van der Waals surface area contributed by atoms with Gasteiger partial charge in [0.15, 0.2) is 0 Å². The first-order valence-electron chi connectivity index (χ1n) is 8.40. The molecule has 0 bridgehead atoms. The summed E-state index contributed by atoms with van der Waals surface area (Å²) in [5.74, 6) is 1.64. The second kappa shape index (κ2) is 6.68. The molecule has 0 aromatic heterocycles. The fourth-order valence-corrected chi connectivity index (χ4v) is 3.69. The molecule has 3 atom stereocenters. The fourth-order valence-electron chi connectivity index (χ4n) is 3.49. The van der Waals surface area contributed by atoms with Gasteiger partial charge in [0.05, 0.1) is 0 Å². The lowest BCUT2D eigenvalue weighted by molar-refractivity contribution is 0.0891. The fraction of sp³-hybridized carbons (Fsp3) is 0.667. The summed E-state index contributed by atoms with van der Waals surface area (Å²) in [7, 11) is 0. The van der Waals surface area contributed by atoms with Gasteiger partial charge in [-0.15, -0.1) is 0 Å². The summed E-state index contributed by atoms with van der Waals surface area (Å²) in [4.78, 5) is 2.69. The highest BCUT2D eigenvalue weighted by molar-refractivity contribution is 6.31. The topological polar surface area (TPSA) is 15.3 Å². The maximum absolute atomic E-state index is 6.37. The van der Waals surface area contributed by atoms with Crippen molar-refractivity contribution in [3.63, 3.8) is 0 Å². The van der Waals surface area contributed by atoms with Gasteiger partial charge in [0.1, 0.15) is 0 Å². The number of rotatable bonds is 5. The van der Waals surface area contributed by atoms with Crippen LogP contribution in [-0.2, 0) is 6.54 Å². The largest absolute Gasteiger partial charge is 0.311 e. The zero-order valence-electron chi connectivity index (χ0n) is 13.2. The number of nitrogens with one attached hydrogen (secondary N) is 1. The molecule has 3 heteroatoms. The molecule has 1 aromatic rings. The Kier molecular flexibility index (Phi) is 4.88. The summed E-state index contributed by atoms with van der Waals surface area (Å²) in [5, 5.41) is 4.70. The van der Waals surface area contributed by atoms with Crippen molar-refractivity contribution < 1.29 is 0 Å². The average molecular weight is 307 g/mol. The van der Waals surface area contributed by atoms with Crippen molar-refractivity contribution >= 4 is 11.6 Å². The second-order valence-electron chi connectivity index (χ2n) is 6.83. The molecule has 2 nitrogen and oxygen atoms in total. The van der Waals surface area contributed by atoms with Crippen LogP contribution >= 0.6 is 11.6 Å². The van der Waals surface area contributed by atoms with E-state index in [1.807, 2.05) is 12.1 Å². The molecule has 0 spiro atoms. The minimum atomic E-state index is 0.618. The number of benzene rings is 1. The average Bonchev–Trinajstić information content (AvgIpc) is 3.33. The molecule has 3 rings (SSSR count). The van der Waals surface area contributed by atoms with Crippen molar-refractivity contribution in [3.05, 3.63) is 34.9 Å². The van der Waals surface area contributed by atoms with Crippen LogP contribution in [0.4, 0.5) is 0 Å². The van der Waals surface area contributed by atoms with E-state index >= 15 is 0 Å². The molecule has 1 aromatic carbocycles. The van der Waals surface area contributed by atoms with E-state index in [0.717, 1.165) is 36.5 Å². The van der Waals surface area contributed by atoms with E-state index in [4.69, 9.17) is 11.6 Å². The van der Waals surface area contributed by atoms with Gasteiger partial charge in [-0.1, -0.05) is 50.1 Å². The van der Waals surface area contributed by atoms with Gasteiger partial charge in [0.2, 0.25) is 0 Å². The summed E-state index contributed by atoms with van der Waals surface area (Å²) in [6, 6.07) is 9.62. The van der Waals surface area contributed by atoms with Crippen LogP contribution in [0.15, 0.2) is 24.3 Å². The summed E-state index contributed by atoms with van der Waals surface area (Å²) in [6.07, 6.45) is 4.05. The SMILES string of the molecule is CCC(C)C1CN(Cc2ccccc2Cl)C(C2CC2)CN1. The van der Waals surface area contributed by atoms with Crippen molar-refractivity contribution in [2.45, 2.75) is 51.7 Å². The Labute approximate surface area is 133 Å². The summed E-state index contributed by atoms with van der Waals surface area (Å²) in [6.45, 7) is 7.95. The van der Waals surface area contributed by atoms with Crippen LogP contribution < -0.4 is 5.32 Å². The van der Waals surface area contributed by atoms with Crippen LogP contribution in [0.2, 0.25) is 5.02 Å². The molecule has 1 saturated heterocycles. The Morgan fingerprint density at radius 3 is 2.76 bits per heavy atom. The smallest absolute Gasteiger partial charge is 0.0451 e. The number of piperazine rings is 1. The van der Waals surface area contributed by atoms with E-state index in [0.29, 0.717) is 12.1 Å². The van der Waals surface area contributed by atoms with E-state index in [1.54, 1.807) is 0 Å². The lowest BCUT2D eigenvalue weighted by atomic mass is 9.94. The molecule has 1 N–H and O–H groups in total. The highest BCUT2D eigenvalue weighted by atomic mass is 35.5. The summed E-state index contributed by atoms with van der Waals surface area (Å²) < 4.78 is 0. The molecular weight excluding hydrogens is 280 g/mol. The molecular formula is C18H27ClN2. The van der Waals surface area contributed by atoms with Gasteiger partial charge in [0.25, 0.3) is 0 Å². The molecule has 2 aliphatic rings. The number of hydrogen-bond acceptors (Lipinski definition) is 2. The molecule has 1 heterocycles. The van der Waals surface area contributed by atoms with Crippen molar-refractivity contribution in [1.82, 2.24) is 10.2 Å². The molecule has 1 saturated carbocycles. The van der Waals surface area contributed by atoms with Gasteiger partial charge in [-0.3, -0.25) is 4.90 Å². The Hall–Kier alpha value is -0.570. The first kappa shape index (κ1) is 15.3. The van der Waals surface area contributed by atoms with Gasteiger partial charge in [-0.05, 0) is 36.3 Å². The zero-order valence-corrected chi connectivity index (χ0v) is 13.9. The Morgan fingerprint density at radius 2 is 2.10 bits per heavy atom. The van der Waals surface area contributed by atoms with Gasteiger partial charge in [-0.25, -0.2) is 0 Å². The zero-order chi connectivity index (χ0) is 14.8. The van der Waals surface area contributed by atoms with Gasteiger partial charge >= 0.3 is 0 Å². The van der Waals surface area contributed by atoms with Crippen molar-refractivity contribution in [2.75, 3.05) is 13.1 Å². The molecule has 2 fully saturated rings. The van der Waals surface area contributed by atoms with E-state index in [1.165, 1.54) is 24.8 Å². The highest BCUT2D eigenvalue weighted by Gasteiger charge is 2.39. The monoisotopic (exact) mass is 306 g/mol. The van der Waals surface area contributed by atoms with Crippen LogP contribution in [0.1, 0.15) is 38.7 Å². The molecule has 1 aliphatic heterocycles. The Morgan fingerprint density at radius 1 is 1.33 bits per heavy atom.